The Morgan fingerprint density at radius 3 is 2.33 bits per heavy atom. The molecule has 42 heavy (non-hydrogen) atoms. The molecule has 4 atom stereocenters. The summed E-state index contributed by atoms with van der Waals surface area (Å²) in [5.74, 6) is -3.60. The van der Waals surface area contributed by atoms with Crippen LogP contribution >= 0.6 is 0 Å². The molecule has 0 saturated heterocycles. The van der Waals surface area contributed by atoms with E-state index in [1.807, 2.05) is 44.2 Å². The average molecular weight is 587 g/mol. The molecular formula is C31H46N4O7. The Kier molecular flexibility index (Phi) is 13.5. The topological polar surface area (TPSA) is 154 Å². The van der Waals surface area contributed by atoms with E-state index >= 15 is 0 Å². The number of benzene rings is 1. The molecule has 0 bridgehead atoms. The predicted molar refractivity (Wildman–Crippen MR) is 158 cm³/mol. The molecule has 11 nitrogen and oxygen atoms in total. The number of cyclic esters (lactones) is 1. The van der Waals surface area contributed by atoms with Crippen LogP contribution in [0.3, 0.4) is 0 Å². The van der Waals surface area contributed by atoms with Crippen molar-refractivity contribution in [1.29, 1.82) is 0 Å². The van der Waals surface area contributed by atoms with Crippen molar-refractivity contribution in [3.8, 4) is 0 Å². The average Bonchev–Trinajstić information content (AvgIpc) is 2.91. The van der Waals surface area contributed by atoms with Crippen LogP contribution in [-0.2, 0) is 30.3 Å². The van der Waals surface area contributed by atoms with Crippen LogP contribution in [0, 0.1) is 11.8 Å². The number of alkyl carbamates (subject to hydrolysis) is 1. The lowest BCUT2D eigenvalue weighted by Gasteiger charge is -2.27. The summed E-state index contributed by atoms with van der Waals surface area (Å²) in [7, 11) is 3.14. The van der Waals surface area contributed by atoms with Gasteiger partial charge in [0.15, 0.2) is 0 Å². The number of rotatable bonds is 8. The van der Waals surface area contributed by atoms with E-state index in [0.29, 0.717) is 12.8 Å². The van der Waals surface area contributed by atoms with Gasteiger partial charge in [-0.1, -0.05) is 44.2 Å². The van der Waals surface area contributed by atoms with Gasteiger partial charge >= 0.3 is 6.09 Å². The van der Waals surface area contributed by atoms with Crippen LogP contribution < -0.4 is 16.0 Å². The van der Waals surface area contributed by atoms with E-state index in [9.17, 15) is 29.1 Å². The monoisotopic (exact) mass is 586 g/mol. The van der Waals surface area contributed by atoms with Gasteiger partial charge in [-0.3, -0.25) is 19.2 Å². The van der Waals surface area contributed by atoms with Crippen molar-refractivity contribution in [2.24, 2.45) is 11.8 Å². The molecule has 1 aromatic rings. The number of hydrogen-bond acceptors (Lipinski definition) is 7. The first-order chi connectivity index (χ1) is 19.8. The first-order valence-corrected chi connectivity index (χ1v) is 14.5. The fraction of sp³-hybridized carbons (Fsp3) is 0.581. The van der Waals surface area contributed by atoms with Crippen LogP contribution in [0.2, 0.25) is 0 Å². The summed E-state index contributed by atoms with van der Waals surface area (Å²) in [6, 6.07) is 6.73. The van der Waals surface area contributed by atoms with Crippen LogP contribution in [0.4, 0.5) is 4.79 Å². The Labute approximate surface area is 248 Å². The number of amides is 4. The zero-order valence-corrected chi connectivity index (χ0v) is 25.5. The molecule has 4 N–H and O–H groups in total. The van der Waals surface area contributed by atoms with Gasteiger partial charge in [0.2, 0.25) is 17.6 Å². The molecule has 0 saturated carbocycles. The largest absolute Gasteiger partial charge is 0.513 e. The van der Waals surface area contributed by atoms with Gasteiger partial charge in [0.25, 0.3) is 5.91 Å². The van der Waals surface area contributed by atoms with E-state index in [2.05, 4.69) is 16.0 Å². The van der Waals surface area contributed by atoms with Crippen molar-refractivity contribution in [1.82, 2.24) is 20.9 Å². The Morgan fingerprint density at radius 1 is 1.07 bits per heavy atom. The highest BCUT2D eigenvalue weighted by molar-refractivity contribution is 6.38. The third-order valence-electron chi connectivity index (χ3n) is 6.84. The molecule has 0 fully saturated rings. The second-order valence-electron chi connectivity index (χ2n) is 11.7. The second kappa shape index (κ2) is 16.5. The number of Topliss-reactive ketones (excluding diaryl/α,β-unsaturated/α-hetero) is 1. The van der Waals surface area contributed by atoms with E-state index in [0.717, 1.165) is 5.56 Å². The minimum atomic E-state index is -1.34. The summed E-state index contributed by atoms with van der Waals surface area (Å²) in [5, 5.41) is 18.5. The maximum atomic E-state index is 13.5. The number of carbonyl (C=O) groups is 5. The van der Waals surface area contributed by atoms with Gasteiger partial charge in [0.05, 0.1) is 11.8 Å². The van der Waals surface area contributed by atoms with Crippen LogP contribution in [0.5, 0.6) is 0 Å². The summed E-state index contributed by atoms with van der Waals surface area (Å²) in [6.07, 6.45) is 1.10. The number of carbonyl (C=O) groups excluding carboxylic acids is 5. The zero-order valence-electron chi connectivity index (χ0n) is 25.5. The van der Waals surface area contributed by atoms with Crippen molar-refractivity contribution >= 4 is 29.6 Å². The minimum absolute atomic E-state index is 0.00523. The molecule has 0 aromatic heterocycles. The minimum Gasteiger partial charge on any atom is -0.513 e. The third kappa shape index (κ3) is 11.5. The van der Waals surface area contributed by atoms with Crippen molar-refractivity contribution in [3.63, 3.8) is 0 Å². The first kappa shape index (κ1) is 34.3. The summed E-state index contributed by atoms with van der Waals surface area (Å²) in [4.78, 5) is 67.0. The number of allylic oxidation sites excluding steroid dienone is 2. The lowest BCUT2D eigenvalue weighted by Crippen LogP contribution is -2.55. The maximum Gasteiger partial charge on any atom is 0.408 e. The quantitative estimate of drug-likeness (QED) is 0.342. The summed E-state index contributed by atoms with van der Waals surface area (Å²) < 4.78 is 5.73. The molecule has 1 heterocycles. The lowest BCUT2D eigenvalue weighted by molar-refractivity contribution is -0.142. The van der Waals surface area contributed by atoms with Gasteiger partial charge in [0.1, 0.15) is 12.1 Å². The summed E-state index contributed by atoms with van der Waals surface area (Å²) >= 11 is 0. The van der Waals surface area contributed by atoms with Crippen molar-refractivity contribution in [2.75, 3.05) is 14.1 Å². The van der Waals surface area contributed by atoms with Crippen LogP contribution in [0.25, 0.3) is 0 Å². The maximum absolute atomic E-state index is 13.5. The van der Waals surface area contributed by atoms with E-state index in [4.69, 9.17) is 4.74 Å². The molecule has 1 aliphatic rings. The van der Waals surface area contributed by atoms with Crippen LogP contribution in [0.1, 0.15) is 65.4 Å². The van der Waals surface area contributed by atoms with E-state index in [1.54, 1.807) is 27.9 Å². The second-order valence-corrected chi connectivity index (χ2v) is 11.7. The fourth-order valence-electron chi connectivity index (χ4n) is 4.74. The Morgan fingerprint density at radius 2 is 1.74 bits per heavy atom. The molecule has 11 heteroatoms. The number of nitrogens with one attached hydrogen (secondary N) is 3. The number of aliphatic hydroxyl groups excluding tert-OH is 1. The third-order valence-corrected chi connectivity index (χ3v) is 6.84. The number of nitrogens with zero attached hydrogens (tertiary/aromatic N) is 1. The van der Waals surface area contributed by atoms with Gasteiger partial charge < -0.3 is 30.7 Å². The predicted octanol–water partition coefficient (Wildman–Crippen LogP) is 3.04. The lowest BCUT2D eigenvalue weighted by atomic mass is 9.91. The molecule has 0 radical (unpaired) electrons. The highest BCUT2D eigenvalue weighted by Gasteiger charge is 2.35. The molecule has 2 rings (SSSR count). The summed E-state index contributed by atoms with van der Waals surface area (Å²) in [5.41, 5.74) is 0.936. The van der Waals surface area contributed by atoms with Crippen LogP contribution in [0.15, 0.2) is 42.2 Å². The number of ketones is 1. The molecule has 1 aromatic carbocycles. The Bertz CT molecular complexity index is 1120. The van der Waals surface area contributed by atoms with Gasteiger partial charge in [-0.05, 0) is 57.1 Å². The first-order valence-electron chi connectivity index (χ1n) is 14.5. The Balaban J connectivity index is 2.48. The van der Waals surface area contributed by atoms with Crippen LogP contribution in [-0.4, -0.2) is 77.9 Å². The molecule has 232 valence electrons. The number of aliphatic hydroxyl groups is 1. The number of ether oxygens (including phenoxy) is 1. The van der Waals surface area contributed by atoms with Gasteiger partial charge in [-0.15, -0.1) is 0 Å². The zero-order chi connectivity index (χ0) is 31.4. The smallest absolute Gasteiger partial charge is 0.408 e. The summed E-state index contributed by atoms with van der Waals surface area (Å²) in [6.45, 7) is 7.16. The van der Waals surface area contributed by atoms with E-state index < -0.39 is 47.8 Å². The standard InChI is InChI=1S/C31H46N4O7/c1-19(2)16-26-28(38)33-25(27(37)29(39)32-20(3)4)18-22(30(40)35(5)6)12-13-23(36)14-15-24(42-31(41)34-26)17-21-10-8-7-9-11-21/h7-11,13,19-20,22,24-26,36H,12,14-18H2,1-6H3,(H,32,39)(H,33,38)(H,34,41)/b23-13-/t22?,24?,25-,26+/m1/s1. The normalized spacial score (nSPS) is 23.8. The fourth-order valence-corrected chi connectivity index (χ4v) is 4.74. The van der Waals surface area contributed by atoms with Crippen molar-refractivity contribution in [3.05, 3.63) is 47.7 Å². The van der Waals surface area contributed by atoms with Crippen molar-refractivity contribution < 1.29 is 33.8 Å². The highest BCUT2D eigenvalue weighted by Crippen LogP contribution is 2.21. The van der Waals surface area contributed by atoms with Gasteiger partial charge in [-0.25, -0.2) is 4.79 Å². The molecule has 0 aliphatic carbocycles. The number of hydrogen-bond donors (Lipinski definition) is 4. The van der Waals surface area contributed by atoms with Gasteiger partial charge in [0, 0.05) is 38.9 Å². The molecule has 1 aliphatic heterocycles. The Hall–Kier alpha value is -3.89. The molecule has 2 unspecified atom stereocenters. The SMILES string of the molecule is CC(C)C[C@@H]1NC(=O)OC(Cc2ccccc2)CC/C(O)=C/CC(C(=O)N(C)C)C[C@H](C(=O)C(=O)NC(C)C)NC1=O. The van der Waals surface area contributed by atoms with Gasteiger partial charge in [-0.2, -0.15) is 0 Å². The van der Waals surface area contributed by atoms with E-state index in [-0.39, 0.29) is 49.3 Å². The molecular weight excluding hydrogens is 540 g/mol. The van der Waals surface area contributed by atoms with E-state index in [1.165, 1.54) is 11.0 Å². The molecule has 0 spiro atoms. The molecule has 4 amide bonds. The highest BCUT2D eigenvalue weighted by atomic mass is 16.6. The van der Waals surface area contributed by atoms with Crippen molar-refractivity contribution in [2.45, 2.75) is 90.4 Å².